The van der Waals surface area contributed by atoms with Gasteiger partial charge in [-0.05, 0) is 33.4 Å². The molecule has 1 aliphatic heterocycles. The molecule has 0 bridgehead atoms. The molecule has 0 aromatic carbocycles. The third kappa shape index (κ3) is 4.62. The van der Waals surface area contributed by atoms with Gasteiger partial charge in [0.2, 0.25) is 5.91 Å². The average Bonchev–Trinajstić information content (AvgIpc) is 2.43. The van der Waals surface area contributed by atoms with Crippen LogP contribution >= 0.6 is 0 Å². The number of nitrogens with one attached hydrogen (secondary N) is 1. The van der Waals surface area contributed by atoms with E-state index in [1.54, 1.807) is 0 Å². The van der Waals surface area contributed by atoms with E-state index < -0.39 is 0 Å². The quantitative estimate of drug-likeness (QED) is 0.698. The summed E-state index contributed by atoms with van der Waals surface area (Å²) in [5, 5.41) is 3.05. The van der Waals surface area contributed by atoms with Crippen molar-refractivity contribution in [3.63, 3.8) is 0 Å². The predicted octanol–water partition coefficient (Wildman–Crippen LogP) is 0.623. The maximum atomic E-state index is 11.8. The molecular weight excluding hydrogens is 192 g/mol. The maximum absolute atomic E-state index is 11.8. The van der Waals surface area contributed by atoms with Crippen LogP contribution in [0.1, 0.15) is 26.2 Å². The monoisotopic (exact) mass is 214 g/mol. The molecule has 4 heteroatoms. The average molecular weight is 214 g/mol. The zero-order chi connectivity index (χ0) is 11.1. The zero-order valence-corrected chi connectivity index (χ0v) is 9.79. The predicted molar refractivity (Wildman–Crippen MR) is 59.8 cm³/mol. The molecule has 0 aliphatic carbocycles. The summed E-state index contributed by atoms with van der Waals surface area (Å²) in [6.45, 7) is 5.31. The Kier molecular flexibility index (Phi) is 5.65. The Morgan fingerprint density at radius 3 is 3.13 bits per heavy atom. The lowest BCUT2D eigenvalue weighted by Gasteiger charge is -2.22. The topological polar surface area (TPSA) is 41.6 Å². The fourth-order valence-corrected chi connectivity index (χ4v) is 1.80. The molecule has 0 saturated carbocycles. The number of ether oxygens (including phenoxy) is 1. The number of amides is 1. The highest BCUT2D eigenvalue weighted by molar-refractivity contribution is 5.76. The van der Waals surface area contributed by atoms with E-state index >= 15 is 0 Å². The van der Waals surface area contributed by atoms with Crippen molar-refractivity contribution in [2.45, 2.75) is 32.3 Å². The number of carbonyl (C=O) groups is 1. The van der Waals surface area contributed by atoms with Gasteiger partial charge in [0.05, 0.1) is 6.10 Å². The Bertz CT molecular complexity index is 197. The Morgan fingerprint density at radius 2 is 2.40 bits per heavy atom. The van der Waals surface area contributed by atoms with Crippen molar-refractivity contribution in [3.05, 3.63) is 0 Å². The van der Waals surface area contributed by atoms with Crippen LogP contribution in [0.2, 0.25) is 0 Å². The van der Waals surface area contributed by atoms with Gasteiger partial charge in [-0.2, -0.15) is 0 Å². The van der Waals surface area contributed by atoms with Gasteiger partial charge >= 0.3 is 0 Å². The SMILES string of the molecule is CNCCCC(=O)N1CCCOC(C)C1. The number of hydrogen-bond acceptors (Lipinski definition) is 3. The van der Waals surface area contributed by atoms with Crippen LogP contribution in [0, 0.1) is 0 Å². The van der Waals surface area contributed by atoms with Gasteiger partial charge in [-0.1, -0.05) is 0 Å². The molecule has 1 fully saturated rings. The molecule has 88 valence electrons. The molecule has 1 rings (SSSR count). The fraction of sp³-hybridized carbons (Fsp3) is 0.909. The molecule has 1 amide bonds. The number of hydrogen-bond donors (Lipinski definition) is 1. The standard InChI is InChI=1S/C11H22N2O2/c1-10-9-13(7-4-8-15-10)11(14)5-3-6-12-2/h10,12H,3-9H2,1-2H3. The molecule has 1 unspecified atom stereocenters. The van der Waals surface area contributed by atoms with E-state index in [2.05, 4.69) is 5.32 Å². The van der Waals surface area contributed by atoms with Gasteiger partial charge in [-0.15, -0.1) is 0 Å². The van der Waals surface area contributed by atoms with Crippen LogP contribution < -0.4 is 5.32 Å². The summed E-state index contributed by atoms with van der Waals surface area (Å²) < 4.78 is 5.50. The second-order valence-corrected chi connectivity index (χ2v) is 4.08. The van der Waals surface area contributed by atoms with Crippen molar-refractivity contribution in [2.24, 2.45) is 0 Å². The minimum Gasteiger partial charge on any atom is -0.377 e. The van der Waals surface area contributed by atoms with E-state index in [9.17, 15) is 4.79 Å². The summed E-state index contributed by atoms with van der Waals surface area (Å²) in [6, 6.07) is 0. The summed E-state index contributed by atoms with van der Waals surface area (Å²) in [7, 11) is 1.91. The fourth-order valence-electron chi connectivity index (χ4n) is 1.80. The first-order valence-corrected chi connectivity index (χ1v) is 5.78. The Balaban J connectivity index is 2.29. The Morgan fingerprint density at radius 1 is 1.60 bits per heavy atom. The van der Waals surface area contributed by atoms with Crippen molar-refractivity contribution in [2.75, 3.05) is 33.3 Å². The molecule has 15 heavy (non-hydrogen) atoms. The zero-order valence-electron chi connectivity index (χ0n) is 9.79. The molecule has 1 atom stereocenters. The van der Waals surface area contributed by atoms with Gasteiger partial charge in [-0.25, -0.2) is 0 Å². The smallest absolute Gasteiger partial charge is 0.222 e. The summed E-state index contributed by atoms with van der Waals surface area (Å²) in [6.07, 6.45) is 2.71. The van der Waals surface area contributed by atoms with Crippen molar-refractivity contribution < 1.29 is 9.53 Å². The van der Waals surface area contributed by atoms with Crippen LogP contribution in [0.5, 0.6) is 0 Å². The summed E-state index contributed by atoms with van der Waals surface area (Å²) in [5.41, 5.74) is 0. The highest BCUT2D eigenvalue weighted by Gasteiger charge is 2.18. The van der Waals surface area contributed by atoms with Gasteiger partial charge in [0.25, 0.3) is 0 Å². The van der Waals surface area contributed by atoms with Crippen LogP contribution in [0.4, 0.5) is 0 Å². The van der Waals surface area contributed by atoms with Crippen LogP contribution in [-0.4, -0.2) is 50.2 Å². The van der Waals surface area contributed by atoms with Crippen LogP contribution in [0.25, 0.3) is 0 Å². The third-order valence-corrected chi connectivity index (χ3v) is 2.62. The molecule has 0 radical (unpaired) electrons. The molecule has 0 aromatic rings. The van der Waals surface area contributed by atoms with Crippen molar-refractivity contribution >= 4 is 5.91 Å². The molecule has 0 aromatic heterocycles. The van der Waals surface area contributed by atoms with Gasteiger partial charge in [0.15, 0.2) is 0 Å². The maximum Gasteiger partial charge on any atom is 0.222 e. The first kappa shape index (κ1) is 12.5. The van der Waals surface area contributed by atoms with E-state index in [4.69, 9.17) is 4.74 Å². The lowest BCUT2D eigenvalue weighted by Crippen LogP contribution is -2.36. The lowest BCUT2D eigenvalue weighted by atomic mass is 10.2. The molecular formula is C11H22N2O2. The first-order valence-electron chi connectivity index (χ1n) is 5.78. The van der Waals surface area contributed by atoms with Gasteiger partial charge in [0.1, 0.15) is 0 Å². The highest BCUT2D eigenvalue weighted by atomic mass is 16.5. The Labute approximate surface area is 92.0 Å². The molecule has 0 spiro atoms. The minimum absolute atomic E-state index is 0.181. The Hall–Kier alpha value is -0.610. The van der Waals surface area contributed by atoms with Crippen LogP contribution in [0.15, 0.2) is 0 Å². The summed E-state index contributed by atoms with van der Waals surface area (Å²) in [4.78, 5) is 13.8. The van der Waals surface area contributed by atoms with Crippen LogP contribution in [0.3, 0.4) is 0 Å². The molecule has 1 aliphatic rings. The highest BCUT2D eigenvalue weighted by Crippen LogP contribution is 2.07. The molecule has 1 N–H and O–H groups in total. The van der Waals surface area contributed by atoms with E-state index in [-0.39, 0.29) is 12.0 Å². The van der Waals surface area contributed by atoms with Crippen molar-refractivity contribution in [1.29, 1.82) is 0 Å². The number of carbonyl (C=O) groups excluding carboxylic acids is 1. The van der Waals surface area contributed by atoms with E-state index in [1.165, 1.54) is 0 Å². The molecule has 4 nitrogen and oxygen atoms in total. The van der Waals surface area contributed by atoms with Crippen molar-refractivity contribution in [1.82, 2.24) is 10.2 Å². The van der Waals surface area contributed by atoms with Gasteiger partial charge in [-0.3, -0.25) is 4.79 Å². The van der Waals surface area contributed by atoms with E-state index in [0.717, 1.165) is 39.1 Å². The van der Waals surface area contributed by atoms with Crippen LogP contribution in [-0.2, 0) is 9.53 Å². The third-order valence-electron chi connectivity index (χ3n) is 2.62. The van der Waals surface area contributed by atoms with Gasteiger partial charge < -0.3 is 15.0 Å². The number of nitrogens with zero attached hydrogens (tertiary/aromatic N) is 1. The lowest BCUT2D eigenvalue weighted by molar-refractivity contribution is -0.131. The van der Waals surface area contributed by atoms with Gasteiger partial charge in [0, 0.05) is 26.1 Å². The largest absolute Gasteiger partial charge is 0.377 e. The second-order valence-electron chi connectivity index (χ2n) is 4.08. The number of rotatable bonds is 4. The van der Waals surface area contributed by atoms with E-state index in [1.807, 2.05) is 18.9 Å². The normalized spacial score (nSPS) is 22.5. The molecule has 1 saturated heterocycles. The minimum atomic E-state index is 0.181. The summed E-state index contributed by atoms with van der Waals surface area (Å²) >= 11 is 0. The second kappa shape index (κ2) is 6.80. The van der Waals surface area contributed by atoms with E-state index in [0.29, 0.717) is 6.42 Å². The summed E-state index contributed by atoms with van der Waals surface area (Å²) in [5.74, 6) is 0.266. The van der Waals surface area contributed by atoms with Crippen molar-refractivity contribution in [3.8, 4) is 0 Å². The molecule has 1 heterocycles. The first-order chi connectivity index (χ1) is 7.24.